The first-order valence-electron chi connectivity index (χ1n) is 14.4. The van der Waals surface area contributed by atoms with Crippen molar-refractivity contribution in [2.45, 2.75) is 38.9 Å². The molecule has 0 saturated carbocycles. The van der Waals surface area contributed by atoms with E-state index in [2.05, 4.69) is 121 Å². The molecule has 0 bridgehead atoms. The van der Waals surface area contributed by atoms with Crippen LogP contribution in [0.2, 0.25) is 6.04 Å². The first-order chi connectivity index (χ1) is 19.7. The maximum Gasteiger partial charge on any atom is 1.00 e. The van der Waals surface area contributed by atoms with E-state index in [1.807, 2.05) is 20.8 Å². The molecule has 0 aromatic heterocycles. The maximum atomic E-state index is 6.33. The van der Waals surface area contributed by atoms with Gasteiger partial charge >= 0.3 is 28.3 Å². The molecule has 0 spiro atoms. The summed E-state index contributed by atoms with van der Waals surface area (Å²) in [4.78, 5) is 0. The van der Waals surface area contributed by atoms with E-state index in [0.717, 1.165) is 18.6 Å². The number of benzene rings is 4. The van der Waals surface area contributed by atoms with Crippen LogP contribution >= 0.6 is 15.8 Å². The zero-order chi connectivity index (χ0) is 28.0. The van der Waals surface area contributed by atoms with Crippen LogP contribution in [0.3, 0.4) is 0 Å². The Morgan fingerprint density at radius 1 is 0.548 bits per heavy atom. The monoisotopic (exact) mass is 726 g/mol. The molecule has 1 unspecified atom stereocenters. The number of hydrogen-bond donors (Lipinski definition) is 0. The van der Waals surface area contributed by atoms with Gasteiger partial charge in [0, 0.05) is 25.9 Å². The topological polar surface area (TPSA) is 27.7 Å². The predicted octanol–water partition coefficient (Wildman–Crippen LogP) is 4.06. The van der Waals surface area contributed by atoms with Crippen molar-refractivity contribution in [2.24, 2.45) is 0 Å². The molecular formula is C34H42ClO3P2RhSi. The second-order valence-corrected chi connectivity index (χ2v) is 17.0. The van der Waals surface area contributed by atoms with Crippen LogP contribution in [0.5, 0.6) is 0 Å². The molecule has 0 N–H and O–H groups in total. The van der Waals surface area contributed by atoms with Crippen LogP contribution in [0.4, 0.5) is 0 Å². The fourth-order valence-corrected chi connectivity index (χ4v) is 14.2. The molecule has 3 nitrogen and oxygen atoms in total. The van der Waals surface area contributed by atoms with E-state index in [9.17, 15) is 0 Å². The molecule has 4 aromatic rings. The summed E-state index contributed by atoms with van der Waals surface area (Å²) >= 11 is 0. The Morgan fingerprint density at radius 2 is 0.881 bits per heavy atom. The van der Waals surface area contributed by atoms with Crippen molar-refractivity contribution in [1.82, 2.24) is 0 Å². The molecule has 0 radical (unpaired) electrons. The summed E-state index contributed by atoms with van der Waals surface area (Å²) < 4.78 is 19.0. The third kappa shape index (κ3) is 10.4. The third-order valence-corrected chi connectivity index (χ3v) is 15.7. The fraction of sp³-hybridized carbons (Fsp3) is 0.294. The summed E-state index contributed by atoms with van der Waals surface area (Å²) in [6.45, 7) is 7.93. The van der Waals surface area contributed by atoms with Crippen LogP contribution in [0, 0.1) is 0 Å². The van der Waals surface area contributed by atoms with Gasteiger partial charge in [0.1, 0.15) is 0 Å². The Hall–Kier alpha value is -1.25. The first-order valence-corrected chi connectivity index (χ1v) is 19.3. The van der Waals surface area contributed by atoms with Crippen molar-refractivity contribution in [2.75, 3.05) is 26.0 Å². The van der Waals surface area contributed by atoms with Crippen LogP contribution in [-0.4, -0.2) is 40.4 Å². The second kappa shape index (κ2) is 19.9. The molecular weight excluding hydrogens is 685 g/mol. The van der Waals surface area contributed by atoms with Crippen LogP contribution < -0.4 is 33.6 Å². The summed E-state index contributed by atoms with van der Waals surface area (Å²) in [5.41, 5.74) is 0.416. The van der Waals surface area contributed by atoms with Crippen molar-refractivity contribution in [1.29, 1.82) is 0 Å². The standard InChI is InChI=1S/C34H42O3P2Si.ClH.Rh/c1-4-35-40(36-5-2,37-6-3)28-27-34(39(32-23-15-9-16-24-32)33-25-17-10-18-26-33)29-38(30-19-11-7-12-20-30)31-21-13-8-14-22-31;;/h7-26,34H,4-6,27-29H2,1-3H3;1H;/q;;+1/p-1. The van der Waals surface area contributed by atoms with Crippen LogP contribution in [0.1, 0.15) is 27.2 Å². The molecule has 42 heavy (non-hydrogen) atoms. The summed E-state index contributed by atoms with van der Waals surface area (Å²) in [5.74, 6) is 0. The van der Waals surface area contributed by atoms with Crippen molar-refractivity contribution in [3.63, 3.8) is 0 Å². The van der Waals surface area contributed by atoms with Gasteiger partial charge in [0.05, 0.1) is 0 Å². The molecule has 1 atom stereocenters. The molecule has 0 aliphatic heterocycles. The van der Waals surface area contributed by atoms with E-state index in [1.54, 1.807) is 0 Å². The Bertz CT molecular complexity index is 1150. The zero-order valence-electron chi connectivity index (χ0n) is 24.7. The molecule has 0 saturated heterocycles. The molecule has 8 heteroatoms. The zero-order valence-corrected chi connectivity index (χ0v) is 29.9. The molecule has 0 aliphatic rings. The number of rotatable bonds is 16. The Labute approximate surface area is 275 Å². The van der Waals surface area contributed by atoms with Crippen LogP contribution in [-0.2, 0) is 32.8 Å². The summed E-state index contributed by atoms with van der Waals surface area (Å²) in [7, 11) is -4.00. The summed E-state index contributed by atoms with van der Waals surface area (Å²) in [5, 5.41) is 5.68. The van der Waals surface area contributed by atoms with Crippen molar-refractivity contribution in [3.8, 4) is 0 Å². The van der Waals surface area contributed by atoms with E-state index in [-0.39, 0.29) is 31.9 Å². The molecule has 4 rings (SSSR count). The van der Waals surface area contributed by atoms with Gasteiger partial charge in [-0.05, 0) is 76.1 Å². The van der Waals surface area contributed by atoms with E-state index in [4.69, 9.17) is 13.3 Å². The average molecular weight is 727 g/mol. The van der Waals surface area contributed by atoms with Gasteiger partial charge in [-0.3, -0.25) is 0 Å². The van der Waals surface area contributed by atoms with Gasteiger partial charge < -0.3 is 25.7 Å². The summed E-state index contributed by atoms with van der Waals surface area (Å²) in [6, 6.07) is 45.2. The Balaban J connectivity index is 0.00000308. The van der Waals surface area contributed by atoms with E-state index in [0.29, 0.717) is 25.5 Å². The van der Waals surface area contributed by atoms with Gasteiger partial charge in [-0.1, -0.05) is 121 Å². The van der Waals surface area contributed by atoms with Gasteiger partial charge in [-0.25, -0.2) is 0 Å². The molecule has 4 aromatic carbocycles. The predicted molar refractivity (Wildman–Crippen MR) is 177 cm³/mol. The van der Waals surface area contributed by atoms with Gasteiger partial charge in [0.2, 0.25) is 0 Å². The largest absolute Gasteiger partial charge is 1.00 e. The molecule has 0 aliphatic carbocycles. The molecule has 0 fully saturated rings. The Kier molecular flexibility index (Phi) is 17.5. The second-order valence-electron chi connectivity index (χ2n) is 9.50. The maximum absolute atomic E-state index is 6.33. The number of halogens is 1. The molecule has 0 amide bonds. The first kappa shape index (κ1) is 36.9. The quantitative estimate of drug-likeness (QED) is 0.129. The minimum Gasteiger partial charge on any atom is -1.00 e. The van der Waals surface area contributed by atoms with Gasteiger partial charge in [0.15, 0.2) is 0 Å². The van der Waals surface area contributed by atoms with E-state index >= 15 is 0 Å². The Morgan fingerprint density at radius 3 is 1.21 bits per heavy atom. The van der Waals surface area contributed by atoms with Crippen molar-refractivity contribution >= 4 is 45.9 Å². The van der Waals surface area contributed by atoms with Crippen molar-refractivity contribution in [3.05, 3.63) is 121 Å². The van der Waals surface area contributed by atoms with Gasteiger partial charge in [-0.15, -0.1) is 0 Å². The minimum atomic E-state index is -2.80. The van der Waals surface area contributed by atoms with Gasteiger partial charge in [-0.2, -0.15) is 0 Å². The van der Waals surface area contributed by atoms with E-state index in [1.165, 1.54) is 21.2 Å². The fourth-order valence-electron chi connectivity index (χ4n) is 5.18. The van der Waals surface area contributed by atoms with Crippen LogP contribution in [0.25, 0.3) is 0 Å². The minimum absolute atomic E-state index is 0. The van der Waals surface area contributed by atoms with E-state index < -0.39 is 24.6 Å². The van der Waals surface area contributed by atoms with Crippen molar-refractivity contribution < 1.29 is 45.2 Å². The normalized spacial score (nSPS) is 12.0. The summed E-state index contributed by atoms with van der Waals surface area (Å²) in [6.07, 6.45) is 2.08. The number of hydrogen-bond acceptors (Lipinski definition) is 3. The van der Waals surface area contributed by atoms with Gasteiger partial charge in [0.25, 0.3) is 0 Å². The third-order valence-electron chi connectivity index (χ3n) is 6.84. The molecule has 0 heterocycles. The average Bonchev–Trinajstić information content (AvgIpc) is 3.01. The van der Waals surface area contributed by atoms with Crippen LogP contribution in [0.15, 0.2) is 121 Å². The smallest absolute Gasteiger partial charge is 1.00 e. The molecule has 226 valence electrons. The SMILES string of the molecule is CCO[Si](CCC(CP(c1ccccc1)c1ccccc1)P(c1ccccc1)c1ccccc1)(OCC)OCC.[Cl-].[Rh+].